The normalized spacial score (nSPS) is 27.8. The van der Waals surface area contributed by atoms with Gasteiger partial charge in [-0.15, -0.1) is 0 Å². The van der Waals surface area contributed by atoms with Crippen LogP contribution in [-0.4, -0.2) is 16.6 Å². The third kappa shape index (κ3) is 1.71. The summed E-state index contributed by atoms with van der Waals surface area (Å²) in [5.74, 6) is 1.35. The second kappa shape index (κ2) is 3.31. The van der Waals surface area contributed by atoms with Crippen molar-refractivity contribution in [2.75, 3.05) is 11.5 Å². The van der Waals surface area contributed by atoms with E-state index in [9.17, 15) is 9.50 Å². The Bertz CT molecular complexity index is 308. The minimum absolute atomic E-state index is 0.275. The van der Waals surface area contributed by atoms with Gasteiger partial charge in [-0.2, -0.15) is 11.8 Å². The fourth-order valence-corrected chi connectivity index (χ4v) is 2.83. The van der Waals surface area contributed by atoms with Gasteiger partial charge in [-0.05, 0) is 29.9 Å². The largest absolute Gasteiger partial charge is 0.384 e. The van der Waals surface area contributed by atoms with Gasteiger partial charge in [0.15, 0.2) is 0 Å². The molecule has 0 aliphatic carbocycles. The highest BCUT2D eigenvalue weighted by molar-refractivity contribution is 7.99. The molecule has 1 N–H and O–H groups in total. The van der Waals surface area contributed by atoms with Crippen molar-refractivity contribution < 1.29 is 9.50 Å². The molecule has 1 saturated heterocycles. The zero-order valence-electron chi connectivity index (χ0n) is 7.16. The van der Waals surface area contributed by atoms with Gasteiger partial charge in [0.1, 0.15) is 5.82 Å². The number of hydrogen-bond acceptors (Lipinski definition) is 2. The van der Waals surface area contributed by atoms with Crippen LogP contribution in [0.1, 0.15) is 12.0 Å². The van der Waals surface area contributed by atoms with E-state index >= 15 is 0 Å². The predicted octanol–water partition coefficient (Wildman–Crippen LogP) is 2.15. The Balaban J connectivity index is 2.33. The Morgan fingerprint density at radius 3 is 2.92 bits per heavy atom. The Kier molecular flexibility index (Phi) is 2.30. The zero-order valence-corrected chi connectivity index (χ0v) is 7.98. The highest BCUT2D eigenvalue weighted by atomic mass is 32.2. The summed E-state index contributed by atoms with van der Waals surface area (Å²) < 4.78 is 12.9. The molecule has 1 fully saturated rings. The lowest BCUT2D eigenvalue weighted by Gasteiger charge is -2.21. The Hall–Kier alpha value is -0.540. The highest BCUT2D eigenvalue weighted by Gasteiger charge is 2.33. The Labute approximate surface area is 81.0 Å². The van der Waals surface area contributed by atoms with Gasteiger partial charge in [0, 0.05) is 5.75 Å². The van der Waals surface area contributed by atoms with Crippen LogP contribution in [0.15, 0.2) is 24.3 Å². The molecule has 13 heavy (non-hydrogen) atoms. The van der Waals surface area contributed by atoms with Crippen LogP contribution in [0.2, 0.25) is 0 Å². The van der Waals surface area contributed by atoms with Crippen molar-refractivity contribution in [3.05, 3.63) is 35.6 Å². The molecule has 0 saturated carbocycles. The molecule has 1 aromatic carbocycles. The fourth-order valence-electron chi connectivity index (χ4n) is 1.56. The van der Waals surface area contributed by atoms with Crippen molar-refractivity contribution >= 4 is 11.8 Å². The van der Waals surface area contributed by atoms with E-state index in [0.29, 0.717) is 11.3 Å². The van der Waals surface area contributed by atoms with Gasteiger partial charge in [0.05, 0.1) is 5.60 Å². The summed E-state index contributed by atoms with van der Waals surface area (Å²) in [6, 6.07) is 6.25. The lowest BCUT2D eigenvalue weighted by atomic mass is 9.93. The molecule has 0 spiro atoms. The van der Waals surface area contributed by atoms with E-state index in [-0.39, 0.29) is 5.82 Å². The molecule has 0 radical (unpaired) electrons. The molecule has 0 unspecified atom stereocenters. The number of benzene rings is 1. The van der Waals surface area contributed by atoms with Crippen molar-refractivity contribution in [1.82, 2.24) is 0 Å². The van der Waals surface area contributed by atoms with Crippen LogP contribution in [0.3, 0.4) is 0 Å². The van der Waals surface area contributed by atoms with Gasteiger partial charge in [-0.25, -0.2) is 4.39 Å². The summed E-state index contributed by atoms with van der Waals surface area (Å²) in [5.41, 5.74) is -0.0928. The van der Waals surface area contributed by atoms with Crippen LogP contribution >= 0.6 is 11.8 Å². The lowest BCUT2D eigenvalue weighted by Crippen LogP contribution is -2.24. The van der Waals surface area contributed by atoms with E-state index in [4.69, 9.17) is 0 Å². The third-order valence-electron chi connectivity index (χ3n) is 2.36. The van der Waals surface area contributed by atoms with Crippen LogP contribution in [0, 0.1) is 5.82 Å². The monoisotopic (exact) mass is 198 g/mol. The molecule has 0 aromatic heterocycles. The summed E-state index contributed by atoms with van der Waals surface area (Å²) in [6.07, 6.45) is 0.723. The van der Waals surface area contributed by atoms with Crippen LogP contribution in [0.4, 0.5) is 4.39 Å². The molecule has 70 valence electrons. The van der Waals surface area contributed by atoms with Gasteiger partial charge < -0.3 is 5.11 Å². The van der Waals surface area contributed by atoms with E-state index in [1.807, 2.05) is 0 Å². The number of aliphatic hydroxyl groups is 1. The maximum absolute atomic E-state index is 12.9. The molecule has 0 bridgehead atoms. The van der Waals surface area contributed by atoms with Crippen LogP contribution in [0.5, 0.6) is 0 Å². The number of hydrogen-bond donors (Lipinski definition) is 1. The molecule has 3 heteroatoms. The van der Waals surface area contributed by atoms with Crippen LogP contribution in [0.25, 0.3) is 0 Å². The summed E-state index contributed by atoms with van der Waals surface area (Å²) in [5, 5.41) is 10.1. The highest BCUT2D eigenvalue weighted by Crippen LogP contribution is 2.36. The van der Waals surface area contributed by atoms with Crippen molar-refractivity contribution in [2.24, 2.45) is 0 Å². The lowest BCUT2D eigenvalue weighted by molar-refractivity contribution is 0.0654. The summed E-state index contributed by atoms with van der Waals surface area (Å²) in [6.45, 7) is 0. The molecule has 1 nitrogen and oxygen atoms in total. The minimum Gasteiger partial charge on any atom is -0.384 e. The van der Waals surface area contributed by atoms with E-state index in [1.54, 1.807) is 23.9 Å². The van der Waals surface area contributed by atoms with Gasteiger partial charge >= 0.3 is 0 Å². The first-order valence-electron chi connectivity index (χ1n) is 4.27. The molecular formula is C10H11FOS. The second-order valence-corrected chi connectivity index (χ2v) is 4.45. The first-order chi connectivity index (χ1) is 6.21. The van der Waals surface area contributed by atoms with Gasteiger partial charge in [0.25, 0.3) is 0 Å². The fraction of sp³-hybridized carbons (Fsp3) is 0.400. The summed E-state index contributed by atoms with van der Waals surface area (Å²) in [4.78, 5) is 0. The molecule has 1 aliphatic rings. The van der Waals surface area contributed by atoms with Gasteiger partial charge in [-0.1, -0.05) is 12.1 Å². The van der Waals surface area contributed by atoms with Crippen molar-refractivity contribution in [3.8, 4) is 0 Å². The van der Waals surface area contributed by atoms with Gasteiger partial charge in [0.2, 0.25) is 0 Å². The molecule has 1 aliphatic heterocycles. The van der Waals surface area contributed by atoms with Crippen molar-refractivity contribution in [2.45, 2.75) is 12.0 Å². The topological polar surface area (TPSA) is 20.2 Å². The predicted molar refractivity (Wildman–Crippen MR) is 52.2 cm³/mol. The van der Waals surface area contributed by atoms with E-state index < -0.39 is 5.60 Å². The summed E-state index contributed by atoms with van der Waals surface area (Å²) >= 11 is 1.71. The quantitative estimate of drug-likeness (QED) is 0.746. The maximum Gasteiger partial charge on any atom is 0.123 e. The van der Waals surface area contributed by atoms with Crippen molar-refractivity contribution in [3.63, 3.8) is 0 Å². The third-order valence-corrected chi connectivity index (χ3v) is 3.54. The maximum atomic E-state index is 12.9. The first-order valence-corrected chi connectivity index (χ1v) is 5.42. The Morgan fingerprint density at radius 2 is 2.31 bits per heavy atom. The SMILES string of the molecule is O[C@@]1(c2cccc(F)c2)CCSC1. The summed E-state index contributed by atoms with van der Waals surface area (Å²) in [7, 11) is 0. The van der Waals surface area contributed by atoms with Crippen LogP contribution < -0.4 is 0 Å². The first kappa shape index (κ1) is 9.03. The second-order valence-electron chi connectivity index (χ2n) is 3.34. The number of halogens is 1. The van der Waals surface area contributed by atoms with Crippen LogP contribution in [-0.2, 0) is 5.60 Å². The molecule has 0 amide bonds. The average molecular weight is 198 g/mol. The number of thioether (sulfide) groups is 1. The van der Waals surface area contributed by atoms with E-state index in [2.05, 4.69) is 0 Å². The standard InChI is InChI=1S/C10H11FOS/c11-9-3-1-2-8(6-9)10(12)4-5-13-7-10/h1-3,6,12H,4-5,7H2/t10-/m0/s1. The molecule has 1 aromatic rings. The van der Waals surface area contributed by atoms with Gasteiger partial charge in [-0.3, -0.25) is 0 Å². The molecule has 2 rings (SSSR count). The molecule has 1 heterocycles. The number of rotatable bonds is 1. The smallest absolute Gasteiger partial charge is 0.123 e. The minimum atomic E-state index is -0.799. The molecule has 1 atom stereocenters. The zero-order chi connectivity index (χ0) is 9.31. The van der Waals surface area contributed by atoms with Crippen molar-refractivity contribution in [1.29, 1.82) is 0 Å². The molecular weight excluding hydrogens is 187 g/mol. The van der Waals surface area contributed by atoms with E-state index in [1.165, 1.54) is 12.1 Å². The van der Waals surface area contributed by atoms with E-state index in [0.717, 1.165) is 12.2 Å². The Morgan fingerprint density at radius 1 is 1.46 bits per heavy atom. The average Bonchev–Trinajstić information content (AvgIpc) is 2.54.